The maximum absolute atomic E-state index is 5.78. The molecule has 1 atom stereocenters. The Morgan fingerprint density at radius 3 is 2.52 bits per heavy atom. The van der Waals surface area contributed by atoms with E-state index in [2.05, 4.69) is 34.5 Å². The van der Waals surface area contributed by atoms with Crippen molar-refractivity contribution in [1.82, 2.24) is 5.32 Å². The van der Waals surface area contributed by atoms with Crippen LogP contribution in [0.1, 0.15) is 32.3 Å². The Labute approximate surface area is 127 Å². The highest BCUT2D eigenvalue weighted by atomic mass is 16.7. The molecule has 0 saturated carbocycles. The van der Waals surface area contributed by atoms with Crippen molar-refractivity contribution in [3.05, 3.63) is 29.8 Å². The van der Waals surface area contributed by atoms with Gasteiger partial charge < -0.3 is 19.7 Å². The van der Waals surface area contributed by atoms with Gasteiger partial charge in [-0.2, -0.15) is 0 Å². The Kier molecular flexibility index (Phi) is 4.48. The zero-order valence-electron chi connectivity index (χ0n) is 13.1. The number of hydrogen-bond donors (Lipinski definition) is 1. The van der Waals surface area contributed by atoms with Gasteiger partial charge in [-0.3, -0.25) is 0 Å². The van der Waals surface area contributed by atoms with Crippen LogP contribution in [0, 0.1) is 0 Å². The Morgan fingerprint density at radius 2 is 1.90 bits per heavy atom. The maximum atomic E-state index is 5.78. The molecule has 1 N–H and O–H groups in total. The molecule has 116 valence electrons. The summed E-state index contributed by atoms with van der Waals surface area (Å²) in [6, 6.07) is 8.91. The fourth-order valence-electron chi connectivity index (χ4n) is 3.04. The fraction of sp³-hybridized carbons (Fsp3) is 0.647. The second-order valence-electron chi connectivity index (χ2n) is 6.44. The van der Waals surface area contributed by atoms with Crippen molar-refractivity contribution in [1.29, 1.82) is 0 Å². The van der Waals surface area contributed by atoms with Gasteiger partial charge >= 0.3 is 0 Å². The molecule has 2 aliphatic heterocycles. The number of ether oxygens (including phenoxy) is 2. The van der Waals surface area contributed by atoms with Crippen LogP contribution in [0.15, 0.2) is 24.3 Å². The highest BCUT2D eigenvalue weighted by Crippen LogP contribution is 2.22. The van der Waals surface area contributed by atoms with Crippen molar-refractivity contribution in [2.24, 2.45) is 0 Å². The van der Waals surface area contributed by atoms with Crippen LogP contribution in [0.3, 0.4) is 0 Å². The molecule has 2 heterocycles. The molecule has 0 aliphatic carbocycles. The monoisotopic (exact) mass is 290 g/mol. The molecule has 1 aromatic rings. The van der Waals surface area contributed by atoms with E-state index in [1.807, 2.05) is 13.8 Å². The smallest absolute Gasteiger partial charge is 0.163 e. The van der Waals surface area contributed by atoms with Crippen LogP contribution in [0.5, 0.6) is 0 Å². The average Bonchev–Trinajstić information content (AvgIpc) is 3.09. The van der Waals surface area contributed by atoms with E-state index in [1.54, 1.807) is 0 Å². The van der Waals surface area contributed by atoms with Gasteiger partial charge in [0.2, 0.25) is 0 Å². The van der Waals surface area contributed by atoms with Crippen LogP contribution in [-0.4, -0.2) is 38.1 Å². The maximum Gasteiger partial charge on any atom is 0.163 e. The Hall–Kier alpha value is -1.10. The van der Waals surface area contributed by atoms with Gasteiger partial charge in [0, 0.05) is 31.9 Å². The molecule has 4 heteroatoms. The van der Waals surface area contributed by atoms with Crippen molar-refractivity contribution >= 4 is 5.69 Å². The van der Waals surface area contributed by atoms with Gasteiger partial charge in [0.25, 0.3) is 0 Å². The van der Waals surface area contributed by atoms with E-state index in [-0.39, 0.29) is 6.10 Å². The zero-order chi connectivity index (χ0) is 14.7. The standard InChI is InChI=1S/C17H26N2O2/c1-17(2)20-13-16(21-17)12-18-11-14-5-7-15(8-6-14)19-9-3-4-10-19/h5-8,16,18H,3-4,9-13H2,1-2H3. The minimum absolute atomic E-state index is 0.156. The van der Waals surface area contributed by atoms with E-state index in [4.69, 9.17) is 9.47 Å². The lowest BCUT2D eigenvalue weighted by Crippen LogP contribution is -2.30. The minimum Gasteiger partial charge on any atom is -0.372 e. The van der Waals surface area contributed by atoms with Crippen molar-refractivity contribution in [2.45, 2.75) is 45.1 Å². The van der Waals surface area contributed by atoms with Crippen LogP contribution in [0.4, 0.5) is 5.69 Å². The summed E-state index contributed by atoms with van der Waals surface area (Å²) in [5.74, 6) is -0.427. The fourth-order valence-corrected chi connectivity index (χ4v) is 3.04. The number of hydrogen-bond acceptors (Lipinski definition) is 4. The summed E-state index contributed by atoms with van der Waals surface area (Å²) < 4.78 is 11.3. The molecule has 0 aromatic heterocycles. The number of benzene rings is 1. The van der Waals surface area contributed by atoms with Crippen molar-refractivity contribution in [3.8, 4) is 0 Å². The van der Waals surface area contributed by atoms with Gasteiger partial charge in [-0.15, -0.1) is 0 Å². The van der Waals surface area contributed by atoms with Crippen LogP contribution in [-0.2, 0) is 16.0 Å². The molecule has 1 aromatic carbocycles. The molecule has 2 saturated heterocycles. The van der Waals surface area contributed by atoms with E-state index in [0.29, 0.717) is 6.61 Å². The lowest BCUT2D eigenvalue weighted by atomic mass is 10.2. The molecule has 0 bridgehead atoms. The van der Waals surface area contributed by atoms with Gasteiger partial charge in [-0.05, 0) is 44.4 Å². The Balaban J connectivity index is 1.43. The molecule has 0 spiro atoms. The van der Waals surface area contributed by atoms with E-state index >= 15 is 0 Å². The van der Waals surface area contributed by atoms with Crippen LogP contribution >= 0.6 is 0 Å². The summed E-state index contributed by atoms with van der Waals surface area (Å²) in [5.41, 5.74) is 2.67. The van der Waals surface area contributed by atoms with Gasteiger partial charge in [0.15, 0.2) is 5.79 Å². The summed E-state index contributed by atoms with van der Waals surface area (Å²) >= 11 is 0. The Bertz CT molecular complexity index is 452. The Morgan fingerprint density at radius 1 is 1.19 bits per heavy atom. The summed E-state index contributed by atoms with van der Waals surface area (Å²) in [4.78, 5) is 2.46. The average molecular weight is 290 g/mol. The summed E-state index contributed by atoms with van der Waals surface area (Å²) in [6.45, 7) is 8.71. The largest absolute Gasteiger partial charge is 0.372 e. The minimum atomic E-state index is -0.427. The summed E-state index contributed by atoms with van der Waals surface area (Å²) in [5, 5.41) is 3.45. The lowest BCUT2D eigenvalue weighted by molar-refractivity contribution is -0.137. The number of nitrogens with zero attached hydrogens (tertiary/aromatic N) is 1. The molecular formula is C17H26N2O2. The molecule has 21 heavy (non-hydrogen) atoms. The zero-order valence-corrected chi connectivity index (χ0v) is 13.1. The molecule has 3 rings (SSSR count). The van der Waals surface area contributed by atoms with Crippen molar-refractivity contribution in [2.75, 3.05) is 31.1 Å². The van der Waals surface area contributed by atoms with Gasteiger partial charge in [-0.25, -0.2) is 0 Å². The van der Waals surface area contributed by atoms with Gasteiger partial charge in [-0.1, -0.05) is 12.1 Å². The third-order valence-electron chi connectivity index (χ3n) is 4.18. The molecule has 2 fully saturated rings. The van der Waals surface area contributed by atoms with Crippen LogP contribution in [0.25, 0.3) is 0 Å². The highest BCUT2D eigenvalue weighted by molar-refractivity contribution is 5.48. The van der Waals surface area contributed by atoms with E-state index < -0.39 is 5.79 Å². The van der Waals surface area contributed by atoms with E-state index in [0.717, 1.165) is 13.1 Å². The molecule has 2 aliphatic rings. The first-order valence-corrected chi connectivity index (χ1v) is 7.99. The molecule has 4 nitrogen and oxygen atoms in total. The van der Waals surface area contributed by atoms with Crippen molar-refractivity contribution < 1.29 is 9.47 Å². The SMILES string of the molecule is CC1(C)OCC(CNCc2ccc(N3CCCC3)cc2)O1. The normalized spacial score (nSPS) is 24.7. The first-order valence-electron chi connectivity index (χ1n) is 7.99. The molecule has 1 unspecified atom stereocenters. The summed E-state index contributed by atoms with van der Waals surface area (Å²) in [7, 11) is 0. The van der Waals surface area contributed by atoms with E-state index in [1.165, 1.54) is 37.2 Å². The van der Waals surface area contributed by atoms with E-state index in [9.17, 15) is 0 Å². The third-order valence-corrected chi connectivity index (χ3v) is 4.18. The van der Waals surface area contributed by atoms with Gasteiger partial charge in [0.1, 0.15) is 0 Å². The lowest BCUT2D eigenvalue weighted by Gasteiger charge is -2.18. The van der Waals surface area contributed by atoms with Crippen LogP contribution in [0.2, 0.25) is 0 Å². The predicted octanol–water partition coefficient (Wildman–Crippen LogP) is 2.53. The number of rotatable bonds is 5. The first-order chi connectivity index (χ1) is 10.1. The molecule has 0 radical (unpaired) electrons. The predicted molar refractivity (Wildman–Crippen MR) is 84.5 cm³/mol. The van der Waals surface area contributed by atoms with Crippen molar-refractivity contribution in [3.63, 3.8) is 0 Å². The second-order valence-corrected chi connectivity index (χ2v) is 6.44. The molecular weight excluding hydrogens is 264 g/mol. The topological polar surface area (TPSA) is 33.7 Å². The highest BCUT2D eigenvalue weighted by Gasteiger charge is 2.32. The number of nitrogens with one attached hydrogen (secondary N) is 1. The third kappa shape index (κ3) is 3.96. The second kappa shape index (κ2) is 6.34. The number of anilines is 1. The van der Waals surface area contributed by atoms with Crippen LogP contribution < -0.4 is 10.2 Å². The quantitative estimate of drug-likeness (QED) is 0.903. The molecule has 0 amide bonds. The first kappa shape index (κ1) is 14.8. The van der Waals surface area contributed by atoms with Gasteiger partial charge in [0.05, 0.1) is 12.7 Å². The summed E-state index contributed by atoms with van der Waals surface area (Å²) in [6.07, 6.45) is 2.80.